The smallest absolute Gasteiger partial charge is 0.243 e. The summed E-state index contributed by atoms with van der Waals surface area (Å²) in [6, 6.07) is -0.224. The third-order valence-electron chi connectivity index (χ3n) is 3.15. The Bertz CT molecular complexity index is 289. The molecular weight excluding hydrogens is 208 g/mol. The van der Waals surface area contributed by atoms with E-state index in [0.29, 0.717) is 19.1 Å². The quantitative estimate of drug-likeness (QED) is 0.658. The first-order valence-corrected chi connectivity index (χ1v) is 5.80. The zero-order valence-electron chi connectivity index (χ0n) is 9.57. The van der Waals surface area contributed by atoms with Crippen LogP contribution in [0.4, 0.5) is 0 Å². The highest BCUT2D eigenvalue weighted by molar-refractivity contribution is 5.95. The van der Waals surface area contributed by atoms with E-state index in [1.54, 1.807) is 12.0 Å². The van der Waals surface area contributed by atoms with Gasteiger partial charge in [-0.2, -0.15) is 0 Å². The minimum Gasteiger partial charge on any atom is -0.385 e. The van der Waals surface area contributed by atoms with Crippen molar-refractivity contribution in [3.63, 3.8) is 0 Å². The Balaban J connectivity index is 1.97. The third-order valence-corrected chi connectivity index (χ3v) is 3.15. The molecule has 0 radical (unpaired) electrons. The first kappa shape index (κ1) is 11.4. The molecular formula is C11H18N2O3. The number of ether oxygens (including phenoxy) is 1. The van der Waals surface area contributed by atoms with Crippen LogP contribution in [0.25, 0.3) is 0 Å². The van der Waals surface area contributed by atoms with Crippen molar-refractivity contribution < 1.29 is 14.3 Å². The van der Waals surface area contributed by atoms with Gasteiger partial charge in [-0.25, -0.2) is 0 Å². The number of carbonyl (C=O) groups excluding carboxylic acids is 2. The van der Waals surface area contributed by atoms with Crippen molar-refractivity contribution in [1.29, 1.82) is 0 Å². The van der Waals surface area contributed by atoms with Crippen LogP contribution in [-0.2, 0) is 14.3 Å². The van der Waals surface area contributed by atoms with E-state index in [2.05, 4.69) is 5.32 Å². The summed E-state index contributed by atoms with van der Waals surface area (Å²) < 4.78 is 4.97. The molecule has 2 aliphatic rings. The number of hydrogen-bond acceptors (Lipinski definition) is 3. The van der Waals surface area contributed by atoms with Gasteiger partial charge < -0.3 is 15.0 Å². The minimum atomic E-state index is -0.224. The molecule has 2 fully saturated rings. The molecule has 1 N–H and O–H groups in total. The standard InChI is InChI=1S/C11H18N2O3/c1-16-6-2-5-13-9(14)7-12-11(15)10(13)8-3-4-8/h8,10H,2-7H2,1H3,(H,12,15). The Morgan fingerprint density at radius 2 is 2.19 bits per heavy atom. The van der Waals surface area contributed by atoms with Crippen molar-refractivity contribution in [2.24, 2.45) is 5.92 Å². The topological polar surface area (TPSA) is 58.6 Å². The zero-order chi connectivity index (χ0) is 11.5. The molecule has 0 aromatic carbocycles. The number of piperazine rings is 1. The highest BCUT2D eigenvalue weighted by Crippen LogP contribution is 2.36. The molecule has 0 bridgehead atoms. The van der Waals surface area contributed by atoms with E-state index in [0.717, 1.165) is 19.3 Å². The van der Waals surface area contributed by atoms with E-state index in [1.165, 1.54) is 0 Å². The lowest BCUT2D eigenvalue weighted by atomic mass is 10.1. The summed E-state index contributed by atoms with van der Waals surface area (Å²) in [4.78, 5) is 25.2. The molecule has 5 heteroatoms. The van der Waals surface area contributed by atoms with Crippen molar-refractivity contribution in [2.45, 2.75) is 25.3 Å². The van der Waals surface area contributed by atoms with Gasteiger partial charge in [0.1, 0.15) is 6.04 Å². The van der Waals surface area contributed by atoms with Crippen LogP contribution in [0.1, 0.15) is 19.3 Å². The Morgan fingerprint density at radius 3 is 2.81 bits per heavy atom. The predicted octanol–water partition coefficient (Wildman–Crippen LogP) is -0.240. The summed E-state index contributed by atoms with van der Waals surface area (Å²) in [6.45, 7) is 1.40. The molecule has 2 rings (SSSR count). The summed E-state index contributed by atoms with van der Waals surface area (Å²) >= 11 is 0. The van der Waals surface area contributed by atoms with Gasteiger partial charge >= 0.3 is 0 Å². The molecule has 1 heterocycles. The van der Waals surface area contributed by atoms with Crippen LogP contribution >= 0.6 is 0 Å². The number of methoxy groups -OCH3 is 1. The average molecular weight is 226 g/mol. The number of carbonyl (C=O) groups is 2. The lowest BCUT2D eigenvalue weighted by molar-refractivity contribution is -0.146. The SMILES string of the molecule is COCCCN1C(=O)CNC(=O)C1C1CC1. The van der Waals surface area contributed by atoms with Gasteiger partial charge in [0.2, 0.25) is 11.8 Å². The van der Waals surface area contributed by atoms with Gasteiger partial charge in [0.25, 0.3) is 0 Å². The van der Waals surface area contributed by atoms with Gasteiger partial charge in [0.15, 0.2) is 0 Å². The van der Waals surface area contributed by atoms with Crippen LogP contribution in [0.2, 0.25) is 0 Å². The molecule has 1 aliphatic heterocycles. The normalized spacial score (nSPS) is 25.8. The second kappa shape index (κ2) is 4.82. The van der Waals surface area contributed by atoms with Gasteiger partial charge in [-0.1, -0.05) is 0 Å². The van der Waals surface area contributed by atoms with Crippen LogP contribution in [0.15, 0.2) is 0 Å². The van der Waals surface area contributed by atoms with Crippen LogP contribution in [-0.4, -0.2) is 49.6 Å². The monoisotopic (exact) mass is 226 g/mol. The fourth-order valence-corrected chi connectivity index (χ4v) is 2.19. The molecule has 0 aromatic heterocycles. The Morgan fingerprint density at radius 1 is 1.44 bits per heavy atom. The summed E-state index contributed by atoms with van der Waals surface area (Å²) in [5.41, 5.74) is 0. The van der Waals surface area contributed by atoms with Crippen molar-refractivity contribution in [3.05, 3.63) is 0 Å². The van der Waals surface area contributed by atoms with Gasteiger partial charge in [-0.15, -0.1) is 0 Å². The molecule has 1 atom stereocenters. The Kier molecular flexibility index (Phi) is 3.43. The lowest BCUT2D eigenvalue weighted by Crippen LogP contribution is -2.59. The third kappa shape index (κ3) is 2.35. The summed E-state index contributed by atoms with van der Waals surface area (Å²) in [5, 5.41) is 2.66. The lowest BCUT2D eigenvalue weighted by Gasteiger charge is -2.35. The molecule has 0 aromatic rings. The maximum atomic E-state index is 11.7. The van der Waals surface area contributed by atoms with Crippen LogP contribution in [0.5, 0.6) is 0 Å². The molecule has 1 aliphatic carbocycles. The van der Waals surface area contributed by atoms with E-state index in [-0.39, 0.29) is 24.4 Å². The Hall–Kier alpha value is -1.10. The summed E-state index contributed by atoms with van der Waals surface area (Å²) in [5.74, 6) is 0.430. The number of nitrogens with zero attached hydrogens (tertiary/aromatic N) is 1. The highest BCUT2D eigenvalue weighted by Gasteiger charge is 2.44. The fraction of sp³-hybridized carbons (Fsp3) is 0.818. The van der Waals surface area contributed by atoms with E-state index in [9.17, 15) is 9.59 Å². The first-order chi connectivity index (χ1) is 7.74. The van der Waals surface area contributed by atoms with Crippen molar-refractivity contribution in [3.8, 4) is 0 Å². The molecule has 90 valence electrons. The molecule has 1 saturated heterocycles. The number of nitrogens with one attached hydrogen (secondary N) is 1. The zero-order valence-corrected chi connectivity index (χ0v) is 9.57. The van der Waals surface area contributed by atoms with Crippen LogP contribution in [0, 0.1) is 5.92 Å². The second-order valence-corrected chi connectivity index (χ2v) is 4.43. The molecule has 0 spiro atoms. The number of amides is 2. The van der Waals surface area contributed by atoms with Gasteiger partial charge in [-0.3, -0.25) is 9.59 Å². The van der Waals surface area contributed by atoms with Crippen molar-refractivity contribution in [1.82, 2.24) is 10.2 Å². The number of rotatable bonds is 5. The first-order valence-electron chi connectivity index (χ1n) is 5.80. The molecule has 1 unspecified atom stereocenters. The predicted molar refractivity (Wildman–Crippen MR) is 57.7 cm³/mol. The highest BCUT2D eigenvalue weighted by atomic mass is 16.5. The maximum Gasteiger partial charge on any atom is 0.243 e. The number of hydrogen-bond donors (Lipinski definition) is 1. The van der Waals surface area contributed by atoms with Crippen LogP contribution < -0.4 is 5.32 Å². The van der Waals surface area contributed by atoms with E-state index < -0.39 is 0 Å². The second-order valence-electron chi connectivity index (χ2n) is 4.43. The average Bonchev–Trinajstić information content (AvgIpc) is 3.07. The molecule has 2 amide bonds. The minimum absolute atomic E-state index is 0.0134. The van der Waals surface area contributed by atoms with E-state index >= 15 is 0 Å². The molecule has 5 nitrogen and oxygen atoms in total. The summed E-state index contributed by atoms with van der Waals surface area (Å²) in [7, 11) is 1.64. The molecule has 16 heavy (non-hydrogen) atoms. The van der Waals surface area contributed by atoms with Crippen molar-refractivity contribution in [2.75, 3.05) is 26.8 Å². The molecule has 1 saturated carbocycles. The van der Waals surface area contributed by atoms with Gasteiger partial charge in [-0.05, 0) is 25.2 Å². The summed E-state index contributed by atoms with van der Waals surface area (Å²) in [6.07, 6.45) is 2.91. The fourth-order valence-electron chi connectivity index (χ4n) is 2.19. The van der Waals surface area contributed by atoms with Crippen molar-refractivity contribution >= 4 is 11.8 Å². The maximum absolute atomic E-state index is 11.7. The Labute approximate surface area is 95.1 Å². The van der Waals surface area contributed by atoms with E-state index in [4.69, 9.17) is 4.74 Å². The van der Waals surface area contributed by atoms with Gasteiger partial charge in [0.05, 0.1) is 6.54 Å². The van der Waals surface area contributed by atoms with E-state index in [1.807, 2.05) is 0 Å². The van der Waals surface area contributed by atoms with Crippen LogP contribution in [0.3, 0.4) is 0 Å². The van der Waals surface area contributed by atoms with Gasteiger partial charge in [0, 0.05) is 20.3 Å². The largest absolute Gasteiger partial charge is 0.385 e.